The minimum atomic E-state index is -2.33. The lowest BCUT2D eigenvalue weighted by Crippen LogP contribution is -2.67. The highest BCUT2D eigenvalue weighted by atomic mass is 16.8. The van der Waals surface area contributed by atoms with Crippen LogP contribution in [0.2, 0.25) is 0 Å². The van der Waals surface area contributed by atoms with Gasteiger partial charge in [-0.25, -0.2) is 0 Å². The van der Waals surface area contributed by atoms with Crippen molar-refractivity contribution in [1.82, 2.24) is 0 Å². The van der Waals surface area contributed by atoms with Gasteiger partial charge in [0, 0.05) is 17.8 Å². The smallest absolute Gasteiger partial charge is 0.187 e. The zero-order chi connectivity index (χ0) is 75.6. The molecule has 102 heavy (non-hydrogen) atoms. The summed E-state index contributed by atoms with van der Waals surface area (Å²) in [6.07, 6.45) is -69.9. The molecule has 41 nitrogen and oxygen atoms in total. The lowest BCUT2D eigenvalue weighted by molar-refractivity contribution is -0.398. The third-order valence-corrected chi connectivity index (χ3v) is 19.5. The topological polar surface area (TPSA) is 642 Å². The molecule has 7 aliphatic rings. The van der Waals surface area contributed by atoms with Crippen LogP contribution in [-0.4, -0.2) is 435 Å². The van der Waals surface area contributed by atoms with Gasteiger partial charge in [-0.1, -0.05) is 41.5 Å². The number of hydrogen-bond acceptors (Lipinski definition) is 41. The van der Waals surface area contributed by atoms with Gasteiger partial charge in [0.2, 0.25) is 0 Å². The van der Waals surface area contributed by atoms with Crippen LogP contribution in [0.15, 0.2) is 0 Å². The van der Waals surface area contributed by atoms with Gasteiger partial charge in [-0.3, -0.25) is 0 Å². The average molecular weight is 1500 g/mol. The van der Waals surface area contributed by atoms with Crippen LogP contribution in [0.25, 0.3) is 0 Å². The first-order valence-corrected chi connectivity index (χ1v) is 34.0. The van der Waals surface area contributed by atoms with E-state index in [0.717, 1.165) is 0 Å². The Bertz CT molecular complexity index is 2380. The van der Waals surface area contributed by atoms with Crippen LogP contribution in [0.3, 0.4) is 0 Å². The van der Waals surface area contributed by atoms with Crippen molar-refractivity contribution in [2.24, 2.45) is 23.7 Å². The summed E-state index contributed by atoms with van der Waals surface area (Å²) in [4.78, 5) is 0. The van der Waals surface area contributed by atoms with E-state index in [1.165, 1.54) is 13.8 Å². The van der Waals surface area contributed by atoms with E-state index < -0.39 is 330 Å². The largest absolute Gasteiger partial charge is 0.394 e. The summed E-state index contributed by atoms with van der Waals surface area (Å²) in [5, 5.41) is 262. The van der Waals surface area contributed by atoms with Crippen molar-refractivity contribution in [3.8, 4) is 0 Å². The van der Waals surface area contributed by atoms with Crippen LogP contribution < -0.4 is 0 Å². The summed E-state index contributed by atoms with van der Waals surface area (Å²) in [5.74, 6) is -3.26. The van der Waals surface area contributed by atoms with Crippen molar-refractivity contribution < 1.29 is 203 Å². The first-order valence-electron chi connectivity index (χ1n) is 34.0. The maximum atomic E-state index is 12.5. The number of hydrogen-bond donors (Lipinski definition) is 24. The quantitative estimate of drug-likeness (QED) is 0.0262. The Morgan fingerprint density at radius 2 is 0.608 bits per heavy atom. The summed E-state index contributed by atoms with van der Waals surface area (Å²) in [6.45, 7) is 1.30. The van der Waals surface area contributed by atoms with Crippen LogP contribution >= 0.6 is 0 Å². The fourth-order valence-electron chi connectivity index (χ4n) is 12.6. The van der Waals surface area contributed by atoms with E-state index >= 15 is 0 Å². The van der Waals surface area contributed by atoms with Gasteiger partial charge in [-0.05, 0) is 12.8 Å². The molecule has 41 heteroatoms. The van der Waals surface area contributed by atoms with Crippen LogP contribution in [0.5, 0.6) is 0 Å². The van der Waals surface area contributed by atoms with Crippen LogP contribution in [0, 0.1) is 23.7 Å². The molecule has 600 valence electrons. The minimum Gasteiger partial charge on any atom is -0.394 e. The second-order valence-electron chi connectivity index (χ2n) is 27.3. The number of rotatable bonds is 35. The van der Waals surface area contributed by atoms with Crippen LogP contribution in [0.4, 0.5) is 0 Å². The summed E-state index contributed by atoms with van der Waals surface area (Å²) >= 11 is 0. The highest BCUT2D eigenvalue weighted by Crippen LogP contribution is 2.40. The number of aliphatic hydroxyl groups excluding tert-OH is 24. The molecule has 0 radical (unpaired) electrons. The van der Waals surface area contributed by atoms with Gasteiger partial charge >= 0.3 is 0 Å². The monoisotopic (exact) mass is 1500 g/mol. The molecule has 17 unspecified atom stereocenters. The van der Waals surface area contributed by atoms with Gasteiger partial charge in [-0.2, -0.15) is 0 Å². The molecular formula is C61H110O41. The molecule has 0 bridgehead atoms. The Morgan fingerprint density at radius 1 is 0.275 bits per heavy atom. The summed E-state index contributed by atoms with van der Waals surface area (Å²) in [6, 6.07) is 0. The molecule has 0 amide bonds. The molecule has 7 rings (SSSR count). The van der Waals surface area contributed by atoms with Crippen molar-refractivity contribution in [2.45, 2.75) is 288 Å². The van der Waals surface area contributed by atoms with Crippen molar-refractivity contribution in [2.75, 3.05) is 72.7 Å². The molecule has 0 spiro atoms. The van der Waals surface area contributed by atoms with Gasteiger partial charge in [0.25, 0.3) is 0 Å². The predicted octanol–water partition coefficient (Wildman–Crippen LogP) is -13.2. The molecule has 7 aliphatic heterocycles. The third kappa shape index (κ3) is 20.1. The molecule has 7 heterocycles. The van der Waals surface area contributed by atoms with Crippen molar-refractivity contribution in [3.63, 3.8) is 0 Å². The van der Waals surface area contributed by atoms with Crippen molar-refractivity contribution >= 4 is 0 Å². The fraction of sp³-hybridized carbons (Fsp3) is 1.00. The average Bonchev–Trinajstić information content (AvgIpc) is 0.777. The van der Waals surface area contributed by atoms with E-state index in [-0.39, 0.29) is 5.92 Å². The summed E-state index contributed by atoms with van der Waals surface area (Å²) in [7, 11) is 0. The second-order valence-corrected chi connectivity index (χ2v) is 27.3. The first-order chi connectivity index (χ1) is 48.3. The Kier molecular flexibility index (Phi) is 34.2. The molecule has 0 aromatic heterocycles. The molecule has 0 aromatic carbocycles. The number of ether oxygens (including phenoxy) is 17. The maximum Gasteiger partial charge on any atom is 0.187 e. The maximum absolute atomic E-state index is 12.5. The SMILES string of the molecule is CC(C)[C@@H](OC(CO)[C@H](CO)O[C@@H]1OC(CO[C@H]2OC(CO)[C@@H](O)C(O)[C@H]2O[C@@H]2O[C@@H](CO)[C@@H](OC3OC(CO)[C@H](O)[C@H](O)C3O)C(O)C2C)[C@@H](O)C(O[C@H]2O[C@H](CO)[C@@H](O)C(O)C2O[C@@H]2OC(CO)[C@@H](O[C@@H]3OC(CO)[C@H](O)C(O)[C@@H]3O)C(O)[C@@H]2C)[C@H]1O)O[C@@H](CO)C(CO)O[C@@H](C)C(C)C. The standard InChI is InChI=1S/C61H110O41/c1-19(2)23(7)87-24(8-62)25(9-63)88-54(20(3)4)89-26(10-64)27(11-65)90-59-48(85)51(100-61-53(45(82)40(77)31(15-69)94-61)102-56-22(6)36(73)50(33(17-71)96-56)99-58-47(84)43(80)38(75)29(13-67)92-58)41(78)34(97-59)18-86-60-52(44(81)39(76)30(14-68)93-60)101-55-21(5)35(72)49(32(16-70)95-55)98-57-46(83)42(79)37(74)28(12-66)91-57/h19-85H,8-18H2,1-7H3/t21?,22-,23-,24?,25-,26?,27-,28?,29?,30?,31+,32-,33?,34?,35?,36?,37-,38-,39+,40+,41+,42-,43?,44?,45?,46?,47-,48+,49+,50+,51?,52+,53?,54+,55-,56-,57?,58-,59+,60-,61+/m0/s1. The van der Waals surface area contributed by atoms with E-state index in [1.807, 2.05) is 13.8 Å². The molecular weight excluding hydrogens is 1390 g/mol. The first kappa shape index (κ1) is 87.6. The Labute approximate surface area is 586 Å². The van der Waals surface area contributed by atoms with Crippen LogP contribution in [-0.2, 0) is 80.5 Å². The zero-order valence-electron chi connectivity index (χ0n) is 57.3. The summed E-state index contributed by atoms with van der Waals surface area (Å²) in [5.41, 5.74) is 0. The van der Waals surface area contributed by atoms with E-state index in [4.69, 9.17) is 80.5 Å². The van der Waals surface area contributed by atoms with E-state index in [1.54, 1.807) is 20.8 Å². The molecule has 7 saturated heterocycles. The number of aliphatic hydroxyl groups is 24. The lowest BCUT2D eigenvalue weighted by Gasteiger charge is -2.50. The molecule has 41 atom stereocenters. The molecule has 24 N–H and O–H groups in total. The van der Waals surface area contributed by atoms with Crippen molar-refractivity contribution in [3.05, 3.63) is 0 Å². The second kappa shape index (κ2) is 39.8. The predicted molar refractivity (Wildman–Crippen MR) is 327 cm³/mol. The summed E-state index contributed by atoms with van der Waals surface area (Å²) < 4.78 is 102. The Balaban J connectivity index is 1.19. The van der Waals surface area contributed by atoms with Gasteiger partial charge < -0.3 is 203 Å². The molecule has 0 aromatic rings. The van der Waals surface area contributed by atoms with Gasteiger partial charge in [-0.15, -0.1) is 0 Å². The third-order valence-electron chi connectivity index (χ3n) is 19.5. The normalized spacial score (nSPS) is 45.8. The Morgan fingerprint density at radius 3 is 1.00 bits per heavy atom. The van der Waals surface area contributed by atoms with Gasteiger partial charge in [0.1, 0.15) is 171 Å². The van der Waals surface area contributed by atoms with E-state index in [0.29, 0.717) is 0 Å². The molecule has 7 fully saturated rings. The fourth-order valence-corrected chi connectivity index (χ4v) is 12.6. The zero-order valence-corrected chi connectivity index (χ0v) is 57.3. The molecule has 0 saturated carbocycles. The molecule has 0 aliphatic carbocycles. The van der Waals surface area contributed by atoms with Crippen LogP contribution in [0.1, 0.15) is 48.5 Å². The van der Waals surface area contributed by atoms with Gasteiger partial charge in [0.15, 0.2) is 50.3 Å². The highest BCUT2D eigenvalue weighted by molar-refractivity contribution is 5.00. The van der Waals surface area contributed by atoms with Gasteiger partial charge in [0.05, 0.1) is 91.0 Å². The van der Waals surface area contributed by atoms with E-state index in [9.17, 15) is 123 Å². The lowest BCUT2D eigenvalue weighted by atomic mass is 9.91. The van der Waals surface area contributed by atoms with Crippen molar-refractivity contribution in [1.29, 1.82) is 0 Å². The Hall–Kier alpha value is -1.64. The highest BCUT2D eigenvalue weighted by Gasteiger charge is 2.58. The van der Waals surface area contributed by atoms with E-state index in [2.05, 4.69) is 0 Å². The minimum absolute atomic E-state index is 0.0368.